The van der Waals surface area contributed by atoms with E-state index in [0.29, 0.717) is 24.5 Å². The Morgan fingerprint density at radius 3 is 2.52 bits per heavy atom. The molecule has 0 aromatic carbocycles. The van der Waals surface area contributed by atoms with E-state index in [9.17, 15) is 8.78 Å². The Hall–Kier alpha value is -0.390. The summed E-state index contributed by atoms with van der Waals surface area (Å²) in [5.74, 6) is 0.402. The number of alkyl halides is 3. The second-order valence-electron chi connectivity index (χ2n) is 6.93. The number of hydrogen-bond donors (Lipinski definition) is 0. The number of halogens is 3. The minimum atomic E-state index is -3.07. The second-order valence-corrected chi connectivity index (χ2v) is 8.01. The molecular weight excluding hydrogens is 409 g/mol. The molecule has 1 unspecified atom stereocenters. The molecule has 1 saturated carbocycles. The summed E-state index contributed by atoms with van der Waals surface area (Å²) in [4.78, 5) is 0. The van der Waals surface area contributed by atoms with Crippen molar-refractivity contribution in [3.63, 3.8) is 0 Å². The van der Waals surface area contributed by atoms with Crippen LogP contribution in [0.25, 0.3) is 0 Å². The molecule has 4 heteroatoms. The first-order chi connectivity index (χ1) is 10.9. The van der Waals surface area contributed by atoms with Crippen LogP contribution in [0.4, 0.5) is 8.78 Å². The summed E-state index contributed by atoms with van der Waals surface area (Å²) in [6.45, 7) is 4.14. The quantitative estimate of drug-likeness (QED) is 0.335. The van der Waals surface area contributed by atoms with Crippen molar-refractivity contribution in [1.82, 2.24) is 0 Å². The van der Waals surface area contributed by atoms with Crippen molar-refractivity contribution in [3.05, 3.63) is 35.6 Å². The van der Waals surface area contributed by atoms with Gasteiger partial charge in [0, 0.05) is 0 Å². The van der Waals surface area contributed by atoms with E-state index in [1.807, 2.05) is 19.1 Å². The largest absolute Gasteiger partial charge is 0.433 e. The molecule has 0 radical (unpaired) electrons. The Labute approximate surface area is 152 Å². The molecule has 0 heterocycles. The fraction of sp³-hybridized carbons (Fsp3) is 0.684. The van der Waals surface area contributed by atoms with Crippen molar-refractivity contribution in [3.8, 4) is 0 Å². The van der Waals surface area contributed by atoms with Gasteiger partial charge in [-0.3, -0.25) is 0 Å². The van der Waals surface area contributed by atoms with Gasteiger partial charge in [0.15, 0.2) is 0 Å². The maximum absolute atomic E-state index is 14.5. The average molecular weight is 436 g/mol. The lowest BCUT2D eigenvalue weighted by Gasteiger charge is -2.32. The Morgan fingerprint density at radius 2 is 1.87 bits per heavy atom. The van der Waals surface area contributed by atoms with Crippen molar-refractivity contribution in [2.24, 2.45) is 17.8 Å². The molecular formula is C19H27F2IO. The molecule has 1 fully saturated rings. The van der Waals surface area contributed by atoms with E-state index in [1.165, 1.54) is 0 Å². The molecule has 0 amide bonds. The molecule has 0 bridgehead atoms. The molecule has 0 saturated heterocycles. The Kier molecular flexibility index (Phi) is 7.11. The highest BCUT2D eigenvalue weighted by Gasteiger charge is 2.43. The number of ether oxygens (including phenoxy) is 1. The summed E-state index contributed by atoms with van der Waals surface area (Å²) in [6.07, 6.45) is 9.40. The van der Waals surface area contributed by atoms with Crippen LogP contribution in [-0.4, -0.2) is 10.5 Å². The minimum Gasteiger partial charge on any atom is -0.433 e. The molecule has 0 aromatic heterocycles. The summed E-state index contributed by atoms with van der Waals surface area (Å²) in [5, 5.41) is 0. The van der Waals surface area contributed by atoms with Crippen LogP contribution in [0.5, 0.6) is 0 Å². The van der Waals surface area contributed by atoms with Crippen LogP contribution in [0, 0.1) is 17.8 Å². The number of allylic oxidation sites excluding steroid dienone is 5. The predicted octanol–water partition coefficient (Wildman–Crippen LogP) is 6.65. The molecule has 0 N–H and O–H groups in total. The molecule has 23 heavy (non-hydrogen) atoms. The lowest BCUT2D eigenvalue weighted by molar-refractivity contribution is -0.253. The van der Waals surface area contributed by atoms with Crippen LogP contribution in [0.2, 0.25) is 0 Å². The second kappa shape index (κ2) is 8.63. The molecule has 2 aliphatic rings. The molecule has 0 aliphatic heterocycles. The van der Waals surface area contributed by atoms with Gasteiger partial charge in [0.1, 0.15) is 5.76 Å². The van der Waals surface area contributed by atoms with Gasteiger partial charge in [0.25, 0.3) is 0 Å². The van der Waals surface area contributed by atoms with Gasteiger partial charge < -0.3 is 4.74 Å². The summed E-state index contributed by atoms with van der Waals surface area (Å²) in [7, 11) is 0. The van der Waals surface area contributed by atoms with Gasteiger partial charge in [-0.2, -0.15) is 8.78 Å². The van der Waals surface area contributed by atoms with E-state index in [0.717, 1.165) is 35.7 Å². The first-order valence-corrected chi connectivity index (χ1v) is 10.1. The lowest BCUT2D eigenvalue weighted by Crippen LogP contribution is -2.34. The van der Waals surface area contributed by atoms with Gasteiger partial charge in [-0.15, -0.1) is 0 Å². The maximum Gasteiger partial charge on any atom is 0.400 e. The summed E-state index contributed by atoms with van der Waals surface area (Å²) in [5.41, 5.74) is 1.10. The SMILES string of the molecule is CC1=CC(CCCI)C=C(OC(F)(F)C2CCC(C)CC2)C=C1. The zero-order valence-corrected chi connectivity index (χ0v) is 16.2. The summed E-state index contributed by atoms with van der Waals surface area (Å²) < 4.78 is 35.3. The topological polar surface area (TPSA) is 9.23 Å². The van der Waals surface area contributed by atoms with Crippen molar-refractivity contribution in [1.29, 1.82) is 0 Å². The predicted molar refractivity (Wildman–Crippen MR) is 99.7 cm³/mol. The van der Waals surface area contributed by atoms with E-state index in [1.54, 1.807) is 6.08 Å². The van der Waals surface area contributed by atoms with Crippen molar-refractivity contribution in [2.45, 2.75) is 58.5 Å². The molecule has 0 spiro atoms. The third-order valence-corrected chi connectivity index (χ3v) is 5.54. The lowest BCUT2D eigenvalue weighted by atomic mass is 9.82. The normalized spacial score (nSPS) is 28.8. The first kappa shape index (κ1) is 18.9. The zero-order chi connectivity index (χ0) is 16.9. The van der Waals surface area contributed by atoms with Crippen LogP contribution in [-0.2, 0) is 4.74 Å². The highest BCUT2D eigenvalue weighted by Crippen LogP contribution is 2.41. The molecule has 0 aromatic rings. The minimum absolute atomic E-state index is 0.178. The van der Waals surface area contributed by atoms with Crippen LogP contribution < -0.4 is 0 Å². The Balaban J connectivity index is 2.04. The van der Waals surface area contributed by atoms with Crippen LogP contribution in [0.1, 0.15) is 52.4 Å². The third-order valence-electron chi connectivity index (χ3n) is 4.78. The monoisotopic (exact) mass is 436 g/mol. The van der Waals surface area contributed by atoms with Crippen LogP contribution in [0.15, 0.2) is 35.6 Å². The van der Waals surface area contributed by atoms with Gasteiger partial charge in [-0.25, -0.2) is 0 Å². The van der Waals surface area contributed by atoms with Crippen LogP contribution >= 0.6 is 22.6 Å². The third kappa shape index (κ3) is 5.87. The molecule has 2 rings (SSSR count). The number of hydrogen-bond acceptors (Lipinski definition) is 1. The average Bonchev–Trinajstić information content (AvgIpc) is 2.67. The van der Waals surface area contributed by atoms with E-state index in [4.69, 9.17) is 4.74 Å². The molecule has 1 nitrogen and oxygen atoms in total. The zero-order valence-electron chi connectivity index (χ0n) is 14.0. The van der Waals surface area contributed by atoms with Gasteiger partial charge >= 0.3 is 6.11 Å². The standard InChI is InChI=1S/C19H27F2IO/c1-14-5-8-17(9-6-14)19(20,21)23-18-10-7-15(2)12-16(13-18)4-3-11-22/h7,10,12-14,16-17H,3-6,8-9,11H2,1-2H3. The van der Waals surface area contributed by atoms with E-state index in [-0.39, 0.29) is 5.92 Å². The van der Waals surface area contributed by atoms with E-state index in [2.05, 4.69) is 35.6 Å². The van der Waals surface area contributed by atoms with Gasteiger partial charge in [0.05, 0.1) is 5.92 Å². The van der Waals surface area contributed by atoms with Crippen molar-refractivity contribution in [2.75, 3.05) is 4.43 Å². The Bertz CT molecular complexity index is 474. The fourth-order valence-corrected chi connectivity index (χ4v) is 3.75. The highest BCUT2D eigenvalue weighted by atomic mass is 127. The molecule has 130 valence electrons. The number of rotatable bonds is 6. The summed E-state index contributed by atoms with van der Waals surface area (Å²) >= 11 is 2.35. The van der Waals surface area contributed by atoms with Gasteiger partial charge in [-0.1, -0.05) is 60.1 Å². The smallest absolute Gasteiger partial charge is 0.400 e. The molecule has 1 atom stereocenters. The van der Waals surface area contributed by atoms with E-state index >= 15 is 0 Å². The van der Waals surface area contributed by atoms with Crippen molar-refractivity contribution >= 4 is 22.6 Å². The summed E-state index contributed by atoms with van der Waals surface area (Å²) in [6, 6.07) is 0. The fourth-order valence-electron chi connectivity index (χ4n) is 3.31. The van der Waals surface area contributed by atoms with Gasteiger partial charge in [0.2, 0.25) is 0 Å². The Morgan fingerprint density at radius 1 is 1.17 bits per heavy atom. The van der Waals surface area contributed by atoms with Crippen LogP contribution in [0.3, 0.4) is 0 Å². The molecule has 2 aliphatic carbocycles. The highest BCUT2D eigenvalue weighted by molar-refractivity contribution is 14.1. The van der Waals surface area contributed by atoms with Crippen molar-refractivity contribution < 1.29 is 13.5 Å². The first-order valence-electron chi connectivity index (χ1n) is 8.62. The maximum atomic E-state index is 14.5. The van der Waals surface area contributed by atoms with E-state index < -0.39 is 12.0 Å². The van der Waals surface area contributed by atoms with Gasteiger partial charge in [-0.05, 0) is 61.0 Å².